The molecule has 0 amide bonds. The van der Waals surface area contributed by atoms with Gasteiger partial charge < -0.3 is 14.2 Å². The van der Waals surface area contributed by atoms with Gasteiger partial charge in [0.05, 0.1) is 0 Å². The lowest BCUT2D eigenvalue weighted by atomic mass is 10.0. The second-order valence-corrected chi connectivity index (χ2v) is 22.0. The van der Waals surface area contributed by atoms with Crippen LogP contribution in [0, 0.1) is 0 Å². The van der Waals surface area contributed by atoms with Crippen LogP contribution in [0.15, 0.2) is 48.6 Å². The third kappa shape index (κ3) is 60.2. The van der Waals surface area contributed by atoms with Crippen LogP contribution in [0.1, 0.15) is 348 Å². The predicted molar refractivity (Wildman–Crippen MR) is 321 cm³/mol. The SMILES string of the molecule is CCCCCC/C=C\C/C=C\CCCCCCCC(=O)OCC(COC(=O)CCCCCCCCCCCCC/C=C\CCCCCCCCCC)OC(=O)CCCCCCCCC/C=C\CCCCCCCC. The molecule has 0 aliphatic rings. The fraction of sp³-hybridized carbons (Fsp3) is 0.838. The number of hydrogen-bond donors (Lipinski definition) is 0. The smallest absolute Gasteiger partial charge is 0.306 e. The highest BCUT2D eigenvalue weighted by molar-refractivity contribution is 5.71. The molecule has 0 aliphatic carbocycles. The van der Waals surface area contributed by atoms with E-state index < -0.39 is 6.10 Å². The van der Waals surface area contributed by atoms with Crippen LogP contribution >= 0.6 is 0 Å². The van der Waals surface area contributed by atoms with E-state index in [1.54, 1.807) is 0 Å². The average Bonchev–Trinajstić information content (AvgIpc) is 3.40. The van der Waals surface area contributed by atoms with Crippen LogP contribution in [0.4, 0.5) is 0 Å². The molecule has 0 rings (SSSR count). The number of hydrogen-bond acceptors (Lipinski definition) is 6. The molecule has 0 radical (unpaired) electrons. The monoisotopic (exact) mass is 1040 g/mol. The van der Waals surface area contributed by atoms with E-state index in [-0.39, 0.29) is 31.1 Å². The molecule has 0 fully saturated rings. The van der Waals surface area contributed by atoms with Crippen molar-refractivity contribution in [1.82, 2.24) is 0 Å². The zero-order valence-electron chi connectivity index (χ0n) is 49.6. The maximum atomic E-state index is 12.9. The molecule has 1 atom stereocenters. The molecule has 74 heavy (non-hydrogen) atoms. The van der Waals surface area contributed by atoms with Gasteiger partial charge in [-0.1, -0.05) is 275 Å². The zero-order valence-corrected chi connectivity index (χ0v) is 49.6. The number of esters is 3. The van der Waals surface area contributed by atoms with Crippen LogP contribution in [-0.2, 0) is 28.6 Å². The minimum atomic E-state index is -0.782. The van der Waals surface area contributed by atoms with Crippen LogP contribution in [-0.4, -0.2) is 37.2 Å². The Morgan fingerprint density at radius 2 is 0.486 bits per heavy atom. The number of unbranched alkanes of at least 4 members (excludes halogenated alkanes) is 41. The molecule has 0 saturated heterocycles. The molecule has 1 unspecified atom stereocenters. The second-order valence-electron chi connectivity index (χ2n) is 22.0. The Bertz CT molecular complexity index is 1280. The average molecular weight is 1040 g/mol. The Balaban J connectivity index is 4.33. The van der Waals surface area contributed by atoms with Gasteiger partial charge in [-0.3, -0.25) is 14.4 Å². The second kappa shape index (κ2) is 62.9. The Morgan fingerprint density at radius 1 is 0.270 bits per heavy atom. The summed E-state index contributed by atoms with van der Waals surface area (Å²) in [6.07, 6.45) is 78.3. The molecule has 0 aromatic heterocycles. The lowest BCUT2D eigenvalue weighted by Crippen LogP contribution is -2.30. The largest absolute Gasteiger partial charge is 0.462 e. The van der Waals surface area contributed by atoms with E-state index in [0.717, 1.165) is 77.0 Å². The van der Waals surface area contributed by atoms with Crippen molar-refractivity contribution in [2.45, 2.75) is 354 Å². The Hall–Kier alpha value is -2.63. The highest BCUT2D eigenvalue weighted by Crippen LogP contribution is 2.17. The fourth-order valence-corrected chi connectivity index (χ4v) is 9.58. The summed E-state index contributed by atoms with van der Waals surface area (Å²) in [5.41, 5.74) is 0. The number of ether oxygens (including phenoxy) is 3. The topological polar surface area (TPSA) is 78.9 Å². The van der Waals surface area contributed by atoms with E-state index in [1.807, 2.05) is 0 Å². The molecule has 0 spiro atoms. The highest BCUT2D eigenvalue weighted by atomic mass is 16.6. The van der Waals surface area contributed by atoms with Gasteiger partial charge >= 0.3 is 17.9 Å². The summed E-state index contributed by atoms with van der Waals surface area (Å²) in [5, 5.41) is 0. The van der Waals surface area contributed by atoms with E-state index in [1.165, 1.54) is 231 Å². The fourth-order valence-electron chi connectivity index (χ4n) is 9.58. The van der Waals surface area contributed by atoms with Gasteiger partial charge in [0, 0.05) is 19.3 Å². The first-order valence-corrected chi connectivity index (χ1v) is 32.6. The third-order valence-electron chi connectivity index (χ3n) is 14.5. The molecule has 0 aromatic rings. The van der Waals surface area contributed by atoms with Crippen molar-refractivity contribution in [3.8, 4) is 0 Å². The Labute approximate surface area is 460 Å². The van der Waals surface area contributed by atoms with Crippen molar-refractivity contribution in [3.05, 3.63) is 48.6 Å². The van der Waals surface area contributed by atoms with Gasteiger partial charge in [-0.25, -0.2) is 0 Å². The summed E-state index contributed by atoms with van der Waals surface area (Å²) in [6, 6.07) is 0. The van der Waals surface area contributed by atoms with Gasteiger partial charge in [0.15, 0.2) is 6.10 Å². The standard InChI is InChI=1S/C68H124O6/c1-4-7-10-13-16-19-22-25-28-31-32-33-34-35-36-38-40-43-46-49-52-55-58-61-67(70)73-64-65(63-72-66(69)60-57-54-51-48-45-42-39-30-27-24-21-18-15-12-9-6-3)74-68(71)62-59-56-53-50-47-44-41-37-29-26-23-20-17-14-11-8-5-2/h21,24,26,29-32,39,65H,4-20,22-23,25,27-28,33-38,40-64H2,1-3H3/b24-21-,29-26-,32-31-,39-30-. The summed E-state index contributed by atoms with van der Waals surface area (Å²) in [6.45, 7) is 6.65. The molecule has 0 bridgehead atoms. The molecule has 432 valence electrons. The number of carbonyl (C=O) groups excluding carboxylic acids is 3. The number of carbonyl (C=O) groups is 3. The van der Waals surface area contributed by atoms with Gasteiger partial charge in [-0.2, -0.15) is 0 Å². The van der Waals surface area contributed by atoms with Crippen LogP contribution in [0.3, 0.4) is 0 Å². The van der Waals surface area contributed by atoms with Crippen molar-refractivity contribution in [2.24, 2.45) is 0 Å². The molecule has 0 heterocycles. The van der Waals surface area contributed by atoms with Crippen LogP contribution in [0.5, 0.6) is 0 Å². The zero-order chi connectivity index (χ0) is 53.6. The lowest BCUT2D eigenvalue weighted by molar-refractivity contribution is -0.167. The maximum absolute atomic E-state index is 12.9. The highest BCUT2D eigenvalue weighted by Gasteiger charge is 2.19. The van der Waals surface area contributed by atoms with Crippen LogP contribution in [0.2, 0.25) is 0 Å². The Kier molecular flexibility index (Phi) is 60.7. The molecule has 6 heteroatoms. The molecule has 0 aliphatic heterocycles. The maximum Gasteiger partial charge on any atom is 0.306 e. The summed E-state index contributed by atoms with van der Waals surface area (Å²) >= 11 is 0. The molecule has 0 saturated carbocycles. The normalized spacial score (nSPS) is 12.3. The number of rotatable bonds is 60. The summed E-state index contributed by atoms with van der Waals surface area (Å²) in [5.74, 6) is -0.877. The minimum Gasteiger partial charge on any atom is -0.462 e. The Morgan fingerprint density at radius 3 is 0.770 bits per heavy atom. The van der Waals surface area contributed by atoms with E-state index in [9.17, 15) is 14.4 Å². The first-order chi connectivity index (χ1) is 36.5. The van der Waals surface area contributed by atoms with E-state index in [4.69, 9.17) is 14.2 Å². The van der Waals surface area contributed by atoms with Crippen molar-refractivity contribution >= 4 is 17.9 Å². The number of allylic oxidation sites excluding steroid dienone is 8. The van der Waals surface area contributed by atoms with E-state index in [2.05, 4.69) is 69.4 Å². The van der Waals surface area contributed by atoms with Crippen molar-refractivity contribution in [2.75, 3.05) is 13.2 Å². The van der Waals surface area contributed by atoms with Crippen LogP contribution in [0.25, 0.3) is 0 Å². The summed E-state index contributed by atoms with van der Waals surface area (Å²) in [7, 11) is 0. The van der Waals surface area contributed by atoms with Crippen LogP contribution < -0.4 is 0 Å². The van der Waals surface area contributed by atoms with E-state index >= 15 is 0 Å². The van der Waals surface area contributed by atoms with Crippen molar-refractivity contribution in [3.63, 3.8) is 0 Å². The van der Waals surface area contributed by atoms with Gasteiger partial charge in [0.25, 0.3) is 0 Å². The van der Waals surface area contributed by atoms with Gasteiger partial charge in [0.2, 0.25) is 0 Å². The van der Waals surface area contributed by atoms with Gasteiger partial charge in [-0.05, 0) is 103 Å². The predicted octanol–water partition coefficient (Wildman–Crippen LogP) is 22.2. The van der Waals surface area contributed by atoms with Gasteiger partial charge in [0.1, 0.15) is 13.2 Å². The molecular formula is C68H124O6. The van der Waals surface area contributed by atoms with Crippen molar-refractivity contribution < 1.29 is 28.6 Å². The van der Waals surface area contributed by atoms with E-state index in [0.29, 0.717) is 19.3 Å². The summed E-state index contributed by atoms with van der Waals surface area (Å²) < 4.78 is 16.9. The van der Waals surface area contributed by atoms with Crippen molar-refractivity contribution in [1.29, 1.82) is 0 Å². The lowest BCUT2D eigenvalue weighted by Gasteiger charge is -2.18. The van der Waals surface area contributed by atoms with Gasteiger partial charge in [-0.15, -0.1) is 0 Å². The third-order valence-corrected chi connectivity index (χ3v) is 14.5. The quantitative estimate of drug-likeness (QED) is 0.0261. The molecular weight excluding hydrogens is 913 g/mol. The first kappa shape index (κ1) is 71.4. The first-order valence-electron chi connectivity index (χ1n) is 32.6. The molecule has 0 N–H and O–H groups in total. The minimum absolute atomic E-state index is 0.0775. The summed E-state index contributed by atoms with van der Waals surface area (Å²) in [4.78, 5) is 38.3. The molecule has 6 nitrogen and oxygen atoms in total. The molecule has 0 aromatic carbocycles.